The van der Waals surface area contributed by atoms with E-state index in [0.717, 1.165) is 18.4 Å². The monoisotopic (exact) mass is 441 g/mol. The van der Waals surface area contributed by atoms with Crippen LogP contribution in [0.15, 0.2) is 42.9 Å². The Kier molecular flexibility index (Phi) is 5.19. The Labute approximate surface area is 184 Å². The number of nitrogens with one attached hydrogen (secondary N) is 2. The largest absolute Gasteiger partial charge is 0.445 e. The lowest BCUT2D eigenvalue weighted by Gasteiger charge is -2.37. The van der Waals surface area contributed by atoms with Gasteiger partial charge in [0.05, 0.1) is 11.3 Å². The molecular formula is C23H25F2N5O2. The van der Waals surface area contributed by atoms with E-state index in [0.29, 0.717) is 29.0 Å². The predicted octanol–water partition coefficient (Wildman–Crippen LogP) is 4.68. The highest BCUT2D eigenvalue weighted by Gasteiger charge is 2.58. The number of halogens is 2. The summed E-state index contributed by atoms with van der Waals surface area (Å²) in [5, 5.41) is 3.98. The van der Waals surface area contributed by atoms with Crippen LogP contribution in [-0.2, 0) is 11.3 Å². The van der Waals surface area contributed by atoms with Crippen LogP contribution in [0.4, 0.5) is 19.4 Å². The topological polar surface area (TPSA) is 83.1 Å². The number of carbonyl (C=O) groups excluding carboxylic acids is 1. The second-order valence-electron chi connectivity index (χ2n) is 8.67. The predicted molar refractivity (Wildman–Crippen MR) is 116 cm³/mol. The van der Waals surface area contributed by atoms with Crippen molar-refractivity contribution in [1.82, 2.24) is 19.9 Å². The summed E-state index contributed by atoms with van der Waals surface area (Å²) in [6, 6.07) is 9.53. The van der Waals surface area contributed by atoms with Gasteiger partial charge in [-0.1, -0.05) is 30.3 Å². The summed E-state index contributed by atoms with van der Waals surface area (Å²) in [6.45, 7) is 2.66. The number of hydrogen-bond acceptors (Lipinski definition) is 5. The molecule has 5 rings (SSSR count). The van der Waals surface area contributed by atoms with Crippen molar-refractivity contribution in [3.63, 3.8) is 0 Å². The molecule has 3 heterocycles. The van der Waals surface area contributed by atoms with Crippen LogP contribution >= 0.6 is 0 Å². The van der Waals surface area contributed by atoms with E-state index in [-0.39, 0.29) is 31.2 Å². The molecule has 3 aromatic rings. The molecule has 2 aromatic heterocycles. The number of piperidine rings is 1. The fraction of sp³-hybridized carbons (Fsp3) is 0.435. The van der Waals surface area contributed by atoms with E-state index in [1.165, 1.54) is 6.33 Å². The molecule has 32 heavy (non-hydrogen) atoms. The number of aromatic amines is 1. The summed E-state index contributed by atoms with van der Waals surface area (Å²) in [6.07, 6.45) is 4.12. The van der Waals surface area contributed by atoms with E-state index in [1.807, 2.05) is 37.3 Å². The van der Waals surface area contributed by atoms with Gasteiger partial charge in [-0.3, -0.25) is 0 Å². The van der Waals surface area contributed by atoms with E-state index in [9.17, 15) is 13.6 Å². The van der Waals surface area contributed by atoms with Crippen LogP contribution < -0.4 is 5.32 Å². The van der Waals surface area contributed by atoms with E-state index in [1.54, 1.807) is 11.1 Å². The van der Waals surface area contributed by atoms with Crippen LogP contribution in [0.5, 0.6) is 0 Å². The molecule has 168 valence electrons. The number of H-pyrrole nitrogens is 1. The summed E-state index contributed by atoms with van der Waals surface area (Å²) < 4.78 is 33.0. The maximum Gasteiger partial charge on any atom is 0.410 e. The van der Waals surface area contributed by atoms with E-state index in [4.69, 9.17) is 4.74 Å². The molecule has 7 nitrogen and oxygen atoms in total. The molecular weight excluding hydrogens is 416 g/mol. The van der Waals surface area contributed by atoms with Gasteiger partial charge in [0.15, 0.2) is 0 Å². The first-order chi connectivity index (χ1) is 15.4. The number of alkyl halides is 2. The van der Waals surface area contributed by atoms with Crippen molar-refractivity contribution in [2.75, 3.05) is 11.9 Å². The van der Waals surface area contributed by atoms with Gasteiger partial charge in [0.1, 0.15) is 24.4 Å². The van der Waals surface area contributed by atoms with Crippen molar-refractivity contribution in [1.29, 1.82) is 0 Å². The molecule has 1 aromatic carbocycles. The van der Waals surface area contributed by atoms with Gasteiger partial charge >= 0.3 is 6.09 Å². The lowest BCUT2D eigenvalue weighted by atomic mass is 9.99. The lowest BCUT2D eigenvalue weighted by molar-refractivity contribution is 0.0696. The van der Waals surface area contributed by atoms with Crippen LogP contribution in [0.3, 0.4) is 0 Å². The van der Waals surface area contributed by atoms with Gasteiger partial charge in [-0.15, -0.1) is 0 Å². The smallest absolute Gasteiger partial charge is 0.410 e. The Bertz CT molecular complexity index is 1120. The molecule has 0 radical (unpaired) electrons. The van der Waals surface area contributed by atoms with E-state index in [2.05, 4.69) is 20.3 Å². The van der Waals surface area contributed by atoms with Crippen LogP contribution in [0.1, 0.15) is 43.2 Å². The van der Waals surface area contributed by atoms with Crippen LogP contribution in [0, 0.1) is 0 Å². The Morgan fingerprint density at radius 2 is 2.06 bits per heavy atom. The second-order valence-corrected chi connectivity index (χ2v) is 8.67. The van der Waals surface area contributed by atoms with Crippen molar-refractivity contribution in [3.05, 3.63) is 54.0 Å². The van der Waals surface area contributed by atoms with Gasteiger partial charge in [-0.2, -0.15) is 0 Å². The van der Waals surface area contributed by atoms with Gasteiger partial charge in [-0.25, -0.2) is 23.5 Å². The summed E-state index contributed by atoms with van der Waals surface area (Å²) in [7, 11) is 0. The summed E-state index contributed by atoms with van der Waals surface area (Å²) >= 11 is 0. The number of amides is 1. The Hall–Kier alpha value is -3.23. The third kappa shape index (κ3) is 3.99. The van der Waals surface area contributed by atoms with Crippen molar-refractivity contribution in [2.24, 2.45) is 0 Å². The van der Waals surface area contributed by atoms with Gasteiger partial charge in [-0.05, 0) is 30.9 Å². The zero-order chi connectivity index (χ0) is 22.3. The molecule has 1 saturated heterocycles. The Balaban J connectivity index is 1.29. The zero-order valence-corrected chi connectivity index (χ0v) is 17.7. The third-order valence-corrected chi connectivity index (χ3v) is 6.36. The molecule has 3 atom stereocenters. The fourth-order valence-corrected chi connectivity index (χ4v) is 4.40. The number of likely N-dealkylation sites (tertiary alicyclic amines) is 1. The quantitative estimate of drug-likeness (QED) is 0.601. The van der Waals surface area contributed by atoms with Crippen LogP contribution in [0.2, 0.25) is 0 Å². The normalized spacial score (nSPS) is 24.3. The lowest BCUT2D eigenvalue weighted by Crippen LogP contribution is -2.49. The molecule has 2 N–H and O–H groups in total. The number of fused-ring (bicyclic) bond motifs is 1. The SMILES string of the molecule is C[C@H]1CC[C@@H](Nc2ncnc3[nH]cc(C4CC4(F)F)c23)CN1C(=O)OCc1ccccc1. The van der Waals surface area contributed by atoms with Crippen molar-refractivity contribution < 1.29 is 18.3 Å². The standard InChI is InChI=1S/C23H25F2N5O2/c1-14-7-8-16(11-30(14)22(31)32-12-15-5-3-2-4-6-15)29-21-19-17(18-9-23(18,24)25)10-26-20(19)27-13-28-21/h2-6,10,13-14,16,18H,7-9,11-12H2,1H3,(H2,26,27,28,29)/t14-,16+,18?/m0/s1. The first-order valence-corrected chi connectivity index (χ1v) is 10.9. The molecule has 0 spiro atoms. The average molecular weight is 441 g/mol. The fourth-order valence-electron chi connectivity index (χ4n) is 4.40. The van der Waals surface area contributed by atoms with E-state index >= 15 is 0 Å². The molecule has 1 saturated carbocycles. The highest BCUT2D eigenvalue weighted by molar-refractivity contribution is 5.91. The van der Waals surface area contributed by atoms with Gasteiger partial charge in [0.2, 0.25) is 0 Å². The number of carbonyl (C=O) groups is 1. The Morgan fingerprint density at radius 1 is 1.28 bits per heavy atom. The number of aromatic nitrogens is 3. The number of ether oxygens (including phenoxy) is 1. The maximum absolute atomic E-state index is 13.7. The van der Waals surface area contributed by atoms with Crippen LogP contribution in [0.25, 0.3) is 11.0 Å². The molecule has 1 aliphatic heterocycles. The Morgan fingerprint density at radius 3 is 2.81 bits per heavy atom. The minimum absolute atomic E-state index is 0.0507. The van der Waals surface area contributed by atoms with Crippen molar-refractivity contribution in [2.45, 2.75) is 56.7 Å². The summed E-state index contributed by atoms with van der Waals surface area (Å²) in [4.78, 5) is 26.0. The second kappa shape index (κ2) is 8.03. The highest BCUT2D eigenvalue weighted by atomic mass is 19.3. The molecule has 9 heteroatoms. The molecule has 2 fully saturated rings. The van der Waals surface area contributed by atoms with Crippen LogP contribution in [-0.4, -0.2) is 50.5 Å². The first kappa shape index (κ1) is 20.7. The summed E-state index contributed by atoms with van der Waals surface area (Å²) in [5.74, 6) is -2.97. The van der Waals surface area contributed by atoms with Gasteiger partial charge < -0.3 is 19.9 Å². The zero-order valence-electron chi connectivity index (χ0n) is 17.7. The minimum atomic E-state index is -2.68. The molecule has 0 bridgehead atoms. The maximum atomic E-state index is 13.7. The first-order valence-electron chi connectivity index (χ1n) is 10.9. The number of benzene rings is 1. The number of rotatable bonds is 5. The molecule has 2 aliphatic rings. The van der Waals surface area contributed by atoms with Crippen molar-refractivity contribution in [3.8, 4) is 0 Å². The third-order valence-electron chi connectivity index (χ3n) is 6.36. The molecule has 1 aliphatic carbocycles. The number of anilines is 1. The average Bonchev–Trinajstić information content (AvgIpc) is 3.21. The highest BCUT2D eigenvalue weighted by Crippen LogP contribution is 2.57. The molecule has 1 unspecified atom stereocenters. The van der Waals surface area contributed by atoms with Gasteiger partial charge in [0.25, 0.3) is 5.92 Å². The summed E-state index contributed by atoms with van der Waals surface area (Å²) in [5.41, 5.74) is 2.00. The van der Waals surface area contributed by atoms with Gasteiger partial charge in [0, 0.05) is 31.2 Å². The number of hydrogen-bond donors (Lipinski definition) is 2. The minimum Gasteiger partial charge on any atom is -0.445 e. The van der Waals surface area contributed by atoms with Crippen molar-refractivity contribution >= 4 is 22.9 Å². The molecule has 1 amide bonds. The van der Waals surface area contributed by atoms with E-state index < -0.39 is 11.8 Å². The number of nitrogens with zero attached hydrogens (tertiary/aromatic N) is 3.